The van der Waals surface area contributed by atoms with Crippen LogP contribution in [-0.4, -0.2) is 20.8 Å². The number of urea groups is 1. The van der Waals surface area contributed by atoms with Gasteiger partial charge in [0.25, 0.3) is 0 Å². The number of hydrogen-bond donors (Lipinski definition) is 2. The Labute approximate surface area is 129 Å². The van der Waals surface area contributed by atoms with Crippen LogP contribution < -0.4 is 10.6 Å². The number of rotatable bonds is 5. The van der Waals surface area contributed by atoms with Crippen molar-refractivity contribution in [3.8, 4) is 0 Å². The summed E-state index contributed by atoms with van der Waals surface area (Å²) in [6, 6.07) is 3.23. The summed E-state index contributed by atoms with van der Waals surface area (Å²) in [7, 11) is 0. The number of carbonyl (C=O) groups excluding carboxylic acids is 1. The predicted molar refractivity (Wildman–Crippen MR) is 80.0 cm³/mol. The molecule has 0 fully saturated rings. The van der Waals surface area contributed by atoms with E-state index in [9.17, 15) is 4.79 Å². The van der Waals surface area contributed by atoms with Gasteiger partial charge in [0.2, 0.25) is 0 Å². The predicted octanol–water partition coefficient (Wildman–Crippen LogP) is 2.01. The Morgan fingerprint density at radius 2 is 2.32 bits per heavy atom. The standard InChI is InChI=1S/C15H21N5O2/c1-10(2)13(14-19-18-12-6-3-7-20(12)14)17-15(21)16-9-11-5-4-8-22-11/h4-5,8,10,13H,3,6-7,9H2,1-2H3,(H2,16,17,21). The molecule has 0 aromatic carbocycles. The monoisotopic (exact) mass is 303 g/mol. The quantitative estimate of drug-likeness (QED) is 0.885. The molecule has 7 heteroatoms. The molecule has 2 aromatic heterocycles. The third-order valence-corrected chi connectivity index (χ3v) is 3.87. The number of fused-ring (bicyclic) bond motifs is 1. The average molecular weight is 303 g/mol. The van der Waals surface area contributed by atoms with E-state index in [0.29, 0.717) is 6.54 Å². The fourth-order valence-corrected chi connectivity index (χ4v) is 2.71. The maximum absolute atomic E-state index is 12.1. The van der Waals surface area contributed by atoms with Crippen LogP contribution in [0.1, 0.15) is 43.7 Å². The summed E-state index contributed by atoms with van der Waals surface area (Å²) in [5.41, 5.74) is 0. The molecule has 1 aliphatic rings. The second kappa shape index (κ2) is 6.21. The van der Waals surface area contributed by atoms with Gasteiger partial charge >= 0.3 is 6.03 Å². The number of amides is 2. The summed E-state index contributed by atoms with van der Waals surface area (Å²) >= 11 is 0. The van der Waals surface area contributed by atoms with Crippen LogP contribution in [0.15, 0.2) is 22.8 Å². The fraction of sp³-hybridized carbons (Fsp3) is 0.533. The summed E-state index contributed by atoms with van der Waals surface area (Å²) < 4.78 is 7.32. The molecule has 0 aliphatic carbocycles. The Morgan fingerprint density at radius 1 is 1.45 bits per heavy atom. The van der Waals surface area contributed by atoms with Gasteiger partial charge in [-0.1, -0.05) is 13.8 Å². The van der Waals surface area contributed by atoms with Crippen molar-refractivity contribution >= 4 is 6.03 Å². The number of nitrogens with zero attached hydrogens (tertiary/aromatic N) is 3. The first-order chi connectivity index (χ1) is 10.6. The topological polar surface area (TPSA) is 85.0 Å². The minimum absolute atomic E-state index is 0.157. The molecule has 1 unspecified atom stereocenters. The summed E-state index contributed by atoms with van der Waals surface area (Å²) in [6.45, 7) is 5.42. The zero-order chi connectivity index (χ0) is 15.5. The van der Waals surface area contributed by atoms with Crippen LogP contribution in [0.2, 0.25) is 0 Å². The number of nitrogens with one attached hydrogen (secondary N) is 2. The van der Waals surface area contributed by atoms with Crippen LogP contribution in [0.5, 0.6) is 0 Å². The molecule has 3 rings (SSSR count). The average Bonchev–Trinajstić information content (AvgIpc) is 3.19. The highest BCUT2D eigenvalue weighted by atomic mass is 16.3. The van der Waals surface area contributed by atoms with E-state index in [4.69, 9.17) is 4.42 Å². The van der Waals surface area contributed by atoms with Crippen molar-refractivity contribution in [3.05, 3.63) is 35.8 Å². The molecule has 22 heavy (non-hydrogen) atoms. The number of aromatic nitrogens is 3. The largest absolute Gasteiger partial charge is 0.467 e. The van der Waals surface area contributed by atoms with Crippen LogP contribution in [0.4, 0.5) is 4.79 Å². The van der Waals surface area contributed by atoms with Gasteiger partial charge in [0.05, 0.1) is 18.8 Å². The second-order valence-electron chi connectivity index (χ2n) is 5.86. The van der Waals surface area contributed by atoms with Gasteiger partial charge < -0.3 is 19.6 Å². The third-order valence-electron chi connectivity index (χ3n) is 3.87. The Morgan fingerprint density at radius 3 is 3.05 bits per heavy atom. The van der Waals surface area contributed by atoms with Crippen molar-refractivity contribution in [2.75, 3.05) is 0 Å². The highest BCUT2D eigenvalue weighted by molar-refractivity contribution is 5.74. The van der Waals surface area contributed by atoms with Crippen LogP contribution in [0.25, 0.3) is 0 Å². The highest BCUT2D eigenvalue weighted by Crippen LogP contribution is 2.24. The van der Waals surface area contributed by atoms with Crippen molar-refractivity contribution in [3.63, 3.8) is 0 Å². The van der Waals surface area contributed by atoms with Crippen LogP contribution in [0, 0.1) is 5.92 Å². The zero-order valence-electron chi connectivity index (χ0n) is 12.9. The van der Waals surface area contributed by atoms with E-state index < -0.39 is 0 Å². The lowest BCUT2D eigenvalue weighted by atomic mass is 10.0. The molecule has 0 saturated carbocycles. The van der Waals surface area contributed by atoms with E-state index in [2.05, 4.69) is 39.2 Å². The van der Waals surface area contributed by atoms with Crippen molar-refractivity contribution in [1.29, 1.82) is 0 Å². The van der Waals surface area contributed by atoms with E-state index in [1.807, 2.05) is 6.07 Å². The molecule has 118 valence electrons. The van der Waals surface area contributed by atoms with Crippen LogP contribution in [-0.2, 0) is 19.5 Å². The van der Waals surface area contributed by atoms with Gasteiger partial charge in [-0.15, -0.1) is 10.2 Å². The number of aryl methyl sites for hydroxylation is 1. The van der Waals surface area contributed by atoms with Gasteiger partial charge in [-0.2, -0.15) is 0 Å². The number of furan rings is 1. The third kappa shape index (κ3) is 2.98. The summed E-state index contributed by atoms with van der Waals surface area (Å²) in [6.07, 6.45) is 3.64. The van der Waals surface area contributed by atoms with E-state index >= 15 is 0 Å². The minimum atomic E-state index is -0.231. The highest BCUT2D eigenvalue weighted by Gasteiger charge is 2.27. The molecule has 2 N–H and O–H groups in total. The molecule has 2 amide bonds. The van der Waals surface area contributed by atoms with Crippen molar-refractivity contribution in [1.82, 2.24) is 25.4 Å². The lowest BCUT2D eigenvalue weighted by Crippen LogP contribution is -2.40. The fourth-order valence-electron chi connectivity index (χ4n) is 2.71. The number of hydrogen-bond acceptors (Lipinski definition) is 4. The molecule has 0 bridgehead atoms. The SMILES string of the molecule is CC(C)C(NC(=O)NCc1ccco1)c1nnc2n1CCC2. The first-order valence-electron chi connectivity index (χ1n) is 7.64. The summed E-state index contributed by atoms with van der Waals surface area (Å²) in [4.78, 5) is 12.1. The normalized spacial score (nSPS) is 14.9. The molecule has 0 radical (unpaired) electrons. The van der Waals surface area contributed by atoms with Crippen LogP contribution in [0.3, 0.4) is 0 Å². The molecule has 0 spiro atoms. The second-order valence-corrected chi connectivity index (χ2v) is 5.86. The van der Waals surface area contributed by atoms with E-state index in [-0.39, 0.29) is 18.0 Å². The van der Waals surface area contributed by atoms with E-state index in [1.165, 1.54) is 0 Å². The van der Waals surface area contributed by atoms with Gasteiger partial charge in [0, 0.05) is 13.0 Å². The van der Waals surface area contributed by atoms with Gasteiger partial charge in [-0.05, 0) is 24.5 Å². The zero-order valence-corrected chi connectivity index (χ0v) is 12.9. The first kappa shape index (κ1) is 14.6. The van der Waals surface area contributed by atoms with Gasteiger partial charge in [0.15, 0.2) is 5.82 Å². The summed E-state index contributed by atoms with van der Waals surface area (Å²) in [5.74, 6) is 2.80. The first-order valence-corrected chi connectivity index (χ1v) is 7.64. The Kier molecular flexibility index (Phi) is 4.13. The molecule has 3 heterocycles. The Hall–Kier alpha value is -2.31. The van der Waals surface area contributed by atoms with Crippen molar-refractivity contribution in [2.45, 2.75) is 45.8 Å². The molecular formula is C15H21N5O2. The van der Waals surface area contributed by atoms with Crippen molar-refractivity contribution < 1.29 is 9.21 Å². The molecule has 1 atom stereocenters. The van der Waals surface area contributed by atoms with Crippen molar-refractivity contribution in [2.24, 2.45) is 5.92 Å². The Bertz CT molecular complexity index is 632. The van der Waals surface area contributed by atoms with Crippen LogP contribution >= 0.6 is 0 Å². The van der Waals surface area contributed by atoms with Gasteiger partial charge in [-0.3, -0.25) is 0 Å². The van der Waals surface area contributed by atoms with E-state index in [1.54, 1.807) is 12.3 Å². The minimum Gasteiger partial charge on any atom is -0.467 e. The lowest BCUT2D eigenvalue weighted by Gasteiger charge is -2.22. The molecule has 1 aliphatic heterocycles. The van der Waals surface area contributed by atoms with Gasteiger partial charge in [0.1, 0.15) is 11.6 Å². The molecule has 7 nitrogen and oxygen atoms in total. The molecular weight excluding hydrogens is 282 g/mol. The Balaban J connectivity index is 1.65. The maximum Gasteiger partial charge on any atom is 0.315 e. The molecule has 2 aromatic rings. The van der Waals surface area contributed by atoms with E-state index in [0.717, 1.165) is 36.8 Å². The van der Waals surface area contributed by atoms with Gasteiger partial charge in [-0.25, -0.2) is 4.79 Å². The molecule has 0 saturated heterocycles. The maximum atomic E-state index is 12.1. The smallest absolute Gasteiger partial charge is 0.315 e. The number of carbonyl (C=O) groups is 1. The summed E-state index contributed by atoms with van der Waals surface area (Å²) in [5, 5.41) is 14.3. The lowest BCUT2D eigenvalue weighted by molar-refractivity contribution is 0.230.